The van der Waals surface area contributed by atoms with Gasteiger partial charge in [-0.15, -0.1) is 0 Å². The number of halogens is 1. The molecule has 0 fully saturated rings. The quantitative estimate of drug-likeness (QED) is 0.344. The van der Waals surface area contributed by atoms with E-state index in [0.29, 0.717) is 17.5 Å². The zero-order valence-corrected chi connectivity index (χ0v) is 11.2. The predicted octanol–water partition coefficient (Wildman–Crippen LogP) is 1.95. The van der Waals surface area contributed by atoms with Gasteiger partial charge in [0.05, 0.1) is 22.7 Å². The third kappa shape index (κ3) is 4.04. The maximum Gasteiger partial charge on any atom is 0.364 e. The number of carbonyl (C=O) groups is 1. The van der Waals surface area contributed by atoms with Crippen molar-refractivity contribution < 1.29 is 19.2 Å². The second-order valence-electron chi connectivity index (χ2n) is 3.26. The van der Waals surface area contributed by atoms with Crippen LogP contribution in [-0.4, -0.2) is 36.2 Å². The molecule has 0 saturated heterocycles. The van der Waals surface area contributed by atoms with Crippen LogP contribution in [0.5, 0.6) is 0 Å². The molecule has 0 bridgehead atoms. The van der Waals surface area contributed by atoms with E-state index in [1.54, 1.807) is 7.11 Å². The lowest BCUT2D eigenvalue weighted by molar-refractivity contribution is -0.389. The lowest BCUT2D eigenvalue weighted by atomic mass is 10.2. The second-order valence-corrected chi connectivity index (χ2v) is 4.12. The Morgan fingerprint density at radius 2 is 2.28 bits per heavy atom. The van der Waals surface area contributed by atoms with Gasteiger partial charge in [-0.2, -0.15) is 0 Å². The fourth-order valence-corrected chi connectivity index (χ4v) is 1.51. The molecule has 18 heavy (non-hydrogen) atoms. The van der Waals surface area contributed by atoms with E-state index in [4.69, 9.17) is 9.47 Å². The van der Waals surface area contributed by atoms with Crippen molar-refractivity contribution in [1.29, 1.82) is 0 Å². The molecule has 1 rings (SSSR count). The summed E-state index contributed by atoms with van der Waals surface area (Å²) in [6.45, 7) is 0.667. The average Bonchev–Trinajstić information content (AvgIpc) is 2.34. The molecule has 7 nitrogen and oxygen atoms in total. The summed E-state index contributed by atoms with van der Waals surface area (Å²) in [7, 11) is 1.55. The van der Waals surface area contributed by atoms with Crippen LogP contribution in [0.1, 0.15) is 16.8 Å². The number of methoxy groups -OCH3 is 1. The predicted molar refractivity (Wildman–Crippen MR) is 65.4 cm³/mol. The molecule has 98 valence electrons. The molecule has 0 aliphatic carbocycles. The molecule has 1 heterocycles. The molecule has 0 aromatic carbocycles. The highest BCUT2D eigenvalue weighted by atomic mass is 79.9. The minimum absolute atomic E-state index is 0.0779. The molecule has 1 aromatic heterocycles. The molecule has 0 spiro atoms. The fourth-order valence-electron chi connectivity index (χ4n) is 1.13. The van der Waals surface area contributed by atoms with Crippen molar-refractivity contribution in [3.05, 3.63) is 32.4 Å². The van der Waals surface area contributed by atoms with Gasteiger partial charge in [0, 0.05) is 20.1 Å². The summed E-state index contributed by atoms with van der Waals surface area (Å²) in [5.41, 5.74) is 0.0779. The Bertz CT molecular complexity index is 452. The number of aromatic nitrogens is 1. The van der Waals surface area contributed by atoms with Crippen molar-refractivity contribution in [2.75, 3.05) is 20.3 Å². The first-order valence-electron chi connectivity index (χ1n) is 5.02. The van der Waals surface area contributed by atoms with E-state index in [0.717, 1.165) is 6.07 Å². The Morgan fingerprint density at radius 1 is 1.56 bits per heavy atom. The Morgan fingerprint density at radius 3 is 2.89 bits per heavy atom. The summed E-state index contributed by atoms with van der Waals surface area (Å²) in [6.07, 6.45) is 1.76. The monoisotopic (exact) mass is 318 g/mol. The van der Waals surface area contributed by atoms with Crippen LogP contribution >= 0.6 is 15.9 Å². The Kier molecular flexibility index (Phi) is 5.66. The highest BCUT2D eigenvalue weighted by Crippen LogP contribution is 2.20. The molecular weight excluding hydrogens is 308 g/mol. The zero-order chi connectivity index (χ0) is 13.5. The highest BCUT2D eigenvalue weighted by Gasteiger charge is 2.18. The van der Waals surface area contributed by atoms with Gasteiger partial charge in [0.15, 0.2) is 6.20 Å². The van der Waals surface area contributed by atoms with Crippen LogP contribution in [0.25, 0.3) is 0 Å². The summed E-state index contributed by atoms with van der Waals surface area (Å²) < 4.78 is 10.1. The molecule has 0 atom stereocenters. The summed E-state index contributed by atoms with van der Waals surface area (Å²) in [5, 5.41) is 10.5. The van der Waals surface area contributed by atoms with Gasteiger partial charge in [0.25, 0.3) is 0 Å². The molecule has 1 aromatic rings. The minimum atomic E-state index is -0.672. The lowest BCUT2D eigenvalue weighted by Crippen LogP contribution is -2.09. The van der Waals surface area contributed by atoms with Gasteiger partial charge in [0.2, 0.25) is 0 Å². The summed E-state index contributed by atoms with van der Waals surface area (Å²) in [6, 6.07) is 1.07. The highest BCUT2D eigenvalue weighted by molar-refractivity contribution is 9.10. The Labute approximate surface area is 111 Å². The lowest BCUT2D eigenvalue weighted by Gasteiger charge is -2.05. The number of nitrogens with zero attached hydrogens (tertiary/aromatic N) is 2. The van der Waals surface area contributed by atoms with Crippen molar-refractivity contribution >= 4 is 27.7 Å². The summed E-state index contributed by atoms with van der Waals surface area (Å²) in [4.78, 5) is 25.1. The summed E-state index contributed by atoms with van der Waals surface area (Å²) >= 11 is 3.09. The molecule has 0 unspecified atom stereocenters. The first-order valence-corrected chi connectivity index (χ1v) is 5.81. The van der Waals surface area contributed by atoms with Gasteiger partial charge in [-0.3, -0.25) is 0 Å². The number of ether oxygens (including phenoxy) is 2. The third-order valence-electron chi connectivity index (χ3n) is 1.97. The SMILES string of the molecule is COCCCOC(=O)c1cc([N+](=O)[O-])ncc1Br. The van der Waals surface area contributed by atoms with Crippen LogP contribution in [0.4, 0.5) is 5.82 Å². The van der Waals surface area contributed by atoms with Crippen LogP contribution in [0.3, 0.4) is 0 Å². The van der Waals surface area contributed by atoms with Crippen LogP contribution in [0.15, 0.2) is 16.7 Å². The first-order chi connectivity index (χ1) is 8.56. The van der Waals surface area contributed by atoms with Gasteiger partial charge in [-0.1, -0.05) is 0 Å². The maximum absolute atomic E-state index is 11.7. The average molecular weight is 319 g/mol. The Balaban J connectivity index is 2.72. The van der Waals surface area contributed by atoms with Crippen molar-refractivity contribution in [2.24, 2.45) is 0 Å². The normalized spacial score (nSPS) is 10.1. The minimum Gasteiger partial charge on any atom is -0.462 e. The van der Waals surface area contributed by atoms with Crippen LogP contribution in [-0.2, 0) is 9.47 Å². The van der Waals surface area contributed by atoms with Gasteiger partial charge >= 0.3 is 11.8 Å². The van der Waals surface area contributed by atoms with E-state index in [1.165, 1.54) is 6.20 Å². The van der Waals surface area contributed by atoms with E-state index < -0.39 is 16.7 Å². The molecule has 0 amide bonds. The molecule has 0 aliphatic heterocycles. The summed E-state index contributed by atoms with van der Waals surface area (Å²) in [5.74, 6) is -1.04. The van der Waals surface area contributed by atoms with E-state index in [9.17, 15) is 14.9 Å². The number of nitro groups is 1. The van der Waals surface area contributed by atoms with E-state index in [1.807, 2.05) is 0 Å². The van der Waals surface area contributed by atoms with E-state index in [2.05, 4.69) is 20.9 Å². The van der Waals surface area contributed by atoms with Crippen molar-refractivity contribution in [1.82, 2.24) is 4.98 Å². The molecule has 0 aliphatic rings. The second kappa shape index (κ2) is 7.02. The van der Waals surface area contributed by atoms with Crippen LogP contribution < -0.4 is 0 Å². The molecular formula is C10H11BrN2O5. The van der Waals surface area contributed by atoms with E-state index >= 15 is 0 Å². The fraction of sp³-hybridized carbons (Fsp3) is 0.400. The van der Waals surface area contributed by atoms with Crippen molar-refractivity contribution in [3.63, 3.8) is 0 Å². The zero-order valence-electron chi connectivity index (χ0n) is 9.59. The van der Waals surface area contributed by atoms with Gasteiger partial charge in [-0.05, 0) is 25.8 Å². The van der Waals surface area contributed by atoms with Crippen LogP contribution in [0, 0.1) is 10.1 Å². The van der Waals surface area contributed by atoms with Crippen molar-refractivity contribution in [3.8, 4) is 0 Å². The van der Waals surface area contributed by atoms with E-state index in [-0.39, 0.29) is 12.2 Å². The topological polar surface area (TPSA) is 91.6 Å². The third-order valence-corrected chi connectivity index (χ3v) is 2.61. The van der Waals surface area contributed by atoms with Crippen molar-refractivity contribution in [2.45, 2.75) is 6.42 Å². The standard InChI is InChI=1S/C10H11BrN2O5/c1-17-3-2-4-18-10(14)7-5-9(13(15)16)12-6-8(7)11/h5-6H,2-4H2,1H3. The number of pyridine rings is 1. The number of rotatable bonds is 6. The number of carbonyl (C=O) groups excluding carboxylic acids is 1. The molecule has 0 saturated carbocycles. The number of hydrogen-bond donors (Lipinski definition) is 0. The molecule has 0 radical (unpaired) electrons. The smallest absolute Gasteiger partial charge is 0.364 e. The number of esters is 1. The van der Waals surface area contributed by atoms with Gasteiger partial charge in [-0.25, -0.2) is 4.79 Å². The molecule has 0 N–H and O–H groups in total. The number of hydrogen-bond acceptors (Lipinski definition) is 6. The maximum atomic E-state index is 11.7. The largest absolute Gasteiger partial charge is 0.462 e. The Hall–Kier alpha value is -1.54. The van der Waals surface area contributed by atoms with Gasteiger partial charge < -0.3 is 19.6 Å². The van der Waals surface area contributed by atoms with Crippen LogP contribution in [0.2, 0.25) is 0 Å². The first kappa shape index (κ1) is 14.5. The van der Waals surface area contributed by atoms with Gasteiger partial charge in [0.1, 0.15) is 0 Å². The molecule has 8 heteroatoms.